The quantitative estimate of drug-likeness (QED) is 0.483. The number of methoxy groups -OCH3 is 2. The van der Waals surface area contributed by atoms with E-state index < -0.39 is 5.97 Å². The Balaban J connectivity index is 1.70. The van der Waals surface area contributed by atoms with E-state index in [1.54, 1.807) is 43.6 Å². The van der Waals surface area contributed by atoms with Gasteiger partial charge in [-0.3, -0.25) is 9.20 Å². The number of ether oxygens (including phenoxy) is 3. The van der Waals surface area contributed by atoms with E-state index >= 15 is 0 Å². The van der Waals surface area contributed by atoms with Crippen molar-refractivity contribution in [1.82, 2.24) is 9.38 Å². The van der Waals surface area contributed by atoms with Crippen LogP contribution in [0.4, 0.5) is 0 Å². The van der Waals surface area contributed by atoms with Crippen molar-refractivity contribution >= 4 is 17.7 Å². The minimum absolute atomic E-state index is 0.0946. The molecule has 2 heterocycles. The van der Waals surface area contributed by atoms with Crippen molar-refractivity contribution < 1.29 is 19.0 Å². The third-order valence-corrected chi connectivity index (χ3v) is 4.08. The van der Waals surface area contributed by atoms with Crippen molar-refractivity contribution in [3.8, 4) is 11.5 Å². The molecule has 0 spiro atoms. The van der Waals surface area contributed by atoms with Crippen LogP contribution in [0, 0.1) is 6.92 Å². The Bertz CT molecular complexity index is 1100. The first-order chi connectivity index (χ1) is 13.5. The van der Waals surface area contributed by atoms with E-state index in [4.69, 9.17) is 14.2 Å². The van der Waals surface area contributed by atoms with Crippen molar-refractivity contribution in [2.24, 2.45) is 0 Å². The van der Waals surface area contributed by atoms with E-state index in [0.717, 1.165) is 5.56 Å². The Hall–Kier alpha value is -3.61. The summed E-state index contributed by atoms with van der Waals surface area (Å²) >= 11 is 0. The fourth-order valence-corrected chi connectivity index (χ4v) is 2.63. The summed E-state index contributed by atoms with van der Waals surface area (Å²) in [5, 5.41) is 0. The predicted molar refractivity (Wildman–Crippen MR) is 105 cm³/mol. The van der Waals surface area contributed by atoms with Crippen LogP contribution in [-0.2, 0) is 16.1 Å². The van der Waals surface area contributed by atoms with Crippen molar-refractivity contribution in [2.45, 2.75) is 13.5 Å². The second kappa shape index (κ2) is 8.39. The van der Waals surface area contributed by atoms with Crippen molar-refractivity contribution in [3.63, 3.8) is 0 Å². The second-order valence-corrected chi connectivity index (χ2v) is 6.07. The van der Waals surface area contributed by atoms with Crippen LogP contribution >= 0.6 is 0 Å². The van der Waals surface area contributed by atoms with Gasteiger partial charge in [0.25, 0.3) is 5.56 Å². The van der Waals surface area contributed by atoms with E-state index in [0.29, 0.717) is 28.4 Å². The van der Waals surface area contributed by atoms with E-state index in [1.807, 2.05) is 13.0 Å². The maximum Gasteiger partial charge on any atom is 0.331 e. The maximum atomic E-state index is 12.1. The first kappa shape index (κ1) is 19.2. The Morgan fingerprint density at radius 2 is 1.96 bits per heavy atom. The smallest absolute Gasteiger partial charge is 0.331 e. The van der Waals surface area contributed by atoms with Crippen LogP contribution in [0.2, 0.25) is 0 Å². The average Bonchev–Trinajstić information content (AvgIpc) is 2.70. The highest BCUT2D eigenvalue weighted by atomic mass is 16.5. The zero-order chi connectivity index (χ0) is 20.1. The van der Waals surface area contributed by atoms with Crippen LogP contribution in [0.15, 0.2) is 53.5 Å². The fourth-order valence-electron chi connectivity index (χ4n) is 2.63. The number of hydrogen-bond acceptors (Lipinski definition) is 6. The molecule has 0 radical (unpaired) electrons. The molecule has 144 valence electrons. The van der Waals surface area contributed by atoms with Crippen LogP contribution < -0.4 is 15.0 Å². The summed E-state index contributed by atoms with van der Waals surface area (Å²) in [6.45, 7) is 1.82. The lowest BCUT2D eigenvalue weighted by Crippen LogP contribution is -2.16. The number of nitrogens with zero attached hydrogens (tertiary/aromatic N) is 2. The number of carbonyl (C=O) groups excluding carboxylic acids is 1. The zero-order valence-electron chi connectivity index (χ0n) is 15.8. The molecule has 0 fully saturated rings. The Morgan fingerprint density at radius 3 is 2.71 bits per heavy atom. The van der Waals surface area contributed by atoms with Gasteiger partial charge in [0, 0.05) is 30.0 Å². The number of fused-ring (bicyclic) bond motifs is 1. The van der Waals surface area contributed by atoms with Gasteiger partial charge in [-0.2, -0.15) is 0 Å². The maximum absolute atomic E-state index is 12.1. The third kappa shape index (κ3) is 4.37. The van der Waals surface area contributed by atoms with Crippen molar-refractivity contribution in [3.05, 3.63) is 75.8 Å². The summed E-state index contributed by atoms with van der Waals surface area (Å²) in [6.07, 6.45) is 4.55. The van der Waals surface area contributed by atoms with Crippen molar-refractivity contribution in [1.29, 1.82) is 0 Å². The zero-order valence-corrected chi connectivity index (χ0v) is 15.8. The molecule has 0 atom stereocenters. The number of carbonyl (C=O) groups is 1. The van der Waals surface area contributed by atoms with Crippen LogP contribution in [0.1, 0.15) is 16.8 Å². The highest BCUT2D eigenvalue weighted by Gasteiger charge is 2.06. The molecule has 0 bridgehead atoms. The monoisotopic (exact) mass is 380 g/mol. The molecule has 0 unspecified atom stereocenters. The van der Waals surface area contributed by atoms with Gasteiger partial charge in [-0.1, -0.05) is 0 Å². The van der Waals surface area contributed by atoms with E-state index in [9.17, 15) is 9.59 Å². The third-order valence-electron chi connectivity index (χ3n) is 4.08. The van der Waals surface area contributed by atoms with Gasteiger partial charge in [-0.05, 0) is 42.8 Å². The molecule has 7 nitrogen and oxygen atoms in total. The molecule has 1 aromatic carbocycles. The minimum atomic E-state index is -0.552. The SMILES string of the molecule is COc1ccc(/C=C/C(=O)OCc2cc(=O)n3ccc(C)cc3n2)c(OC)c1. The fraction of sp³-hybridized carbons (Fsp3) is 0.190. The Morgan fingerprint density at radius 1 is 1.14 bits per heavy atom. The van der Waals surface area contributed by atoms with Crippen molar-refractivity contribution in [2.75, 3.05) is 14.2 Å². The summed E-state index contributed by atoms with van der Waals surface area (Å²) in [7, 11) is 3.10. The molecule has 0 aliphatic heterocycles. The van der Waals surface area contributed by atoms with E-state index in [1.165, 1.54) is 23.7 Å². The lowest BCUT2D eigenvalue weighted by atomic mass is 10.2. The number of aryl methyl sites for hydroxylation is 1. The lowest BCUT2D eigenvalue weighted by Gasteiger charge is -2.07. The van der Waals surface area contributed by atoms with Gasteiger partial charge in [0.15, 0.2) is 0 Å². The van der Waals surface area contributed by atoms with Gasteiger partial charge in [-0.25, -0.2) is 9.78 Å². The van der Waals surface area contributed by atoms with Crippen LogP contribution in [0.25, 0.3) is 11.7 Å². The van der Waals surface area contributed by atoms with Gasteiger partial charge >= 0.3 is 5.97 Å². The van der Waals surface area contributed by atoms with Gasteiger partial charge in [0.05, 0.1) is 19.9 Å². The largest absolute Gasteiger partial charge is 0.497 e. The number of esters is 1. The molecule has 0 saturated carbocycles. The molecular weight excluding hydrogens is 360 g/mol. The first-order valence-electron chi connectivity index (χ1n) is 8.56. The molecular formula is C21H20N2O5. The molecule has 7 heteroatoms. The summed E-state index contributed by atoms with van der Waals surface area (Å²) < 4.78 is 17.1. The van der Waals surface area contributed by atoms with Gasteiger partial charge < -0.3 is 14.2 Å². The predicted octanol–water partition coefficient (Wildman–Crippen LogP) is 2.78. The highest BCUT2D eigenvalue weighted by Crippen LogP contribution is 2.25. The summed E-state index contributed by atoms with van der Waals surface area (Å²) in [5.41, 5.74) is 2.36. The molecule has 0 amide bonds. The summed E-state index contributed by atoms with van der Waals surface area (Å²) in [4.78, 5) is 28.5. The van der Waals surface area contributed by atoms with Gasteiger partial charge in [-0.15, -0.1) is 0 Å². The minimum Gasteiger partial charge on any atom is -0.497 e. The van der Waals surface area contributed by atoms with Crippen LogP contribution in [0.5, 0.6) is 11.5 Å². The Kier molecular flexibility index (Phi) is 5.74. The average molecular weight is 380 g/mol. The second-order valence-electron chi connectivity index (χ2n) is 6.07. The number of rotatable bonds is 6. The Labute approximate surface area is 161 Å². The number of pyridine rings is 1. The lowest BCUT2D eigenvalue weighted by molar-refractivity contribution is -0.139. The van der Waals surface area contributed by atoms with Gasteiger partial charge in [0.1, 0.15) is 23.8 Å². The molecule has 3 aromatic rings. The molecule has 0 aliphatic rings. The molecule has 0 N–H and O–H groups in total. The normalized spacial score (nSPS) is 11.0. The van der Waals surface area contributed by atoms with Gasteiger partial charge in [0.2, 0.25) is 0 Å². The van der Waals surface area contributed by atoms with Crippen LogP contribution in [-0.4, -0.2) is 29.6 Å². The topological polar surface area (TPSA) is 79.1 Å². The number of benzene rings is 1. The molecule has 0 saturated heterocycles. The molecule has 2 aromatic heterocycles. The molecule has 3 rings (SSSR count). The van der Waals surface area contributed by atoms with E-state index in [2.05, 4.69) is 4.98 Å². The van der Waals surface area contributed by atoms with E-state index in [-0.39, 0.29) is 12.2 Å². The standard InChI is InChI=1S/C21H20N2O5/c1-14-8-9-23-19(10-14)22-16(11-20(23)24)13-28-21(25)7-5-15-4-6-17(26-2)12-18(15)27-3/h4-12H,13H2,1-3H3/b7-5+. The molecule has 0 aliphatic carbocycles. The summed E-state index contributed by atoms with van der Waals surface area (Å²) in [5.74, 6) is 0.674. The summed E-state index contributed by atoms with van der Waals surface area (Å²) in [6, 6.07) is 10.2. The van der Waals surface area contributed by atoms with Crippen LogP contribution in [0.3, 0.4) is 0 Å². The molecule has 28 heavy (non-hydrogen) atoms. The highest BCUT2D eigenvalue weighted by molar-refractivity contribution is 5.87. The number of aromatic nitrogens is 2. The first-order valence-corrected chi connectivity index (χ1v) is 8.56. The number of hydrogen-bond donors (Lipinski definition) is 0.